The highest BCUT2D eigenvalue weighted by molar-refractivity contribution is 5.92. The van der Waals surface area contributed by atoms with Gasteiger partial charge >= 0.3 is 5.97 Å². The van der Waals surface area contributed by atoms with Gasteiger partial charge in [-0.05, 0) is 36.4 Å². The zero-order valence-electron chi connectivity index (χ0n) is 11.8. The fourth-order valence-corrected chi connectivity index (χ4v) is 1.73. The first kappa shape index (κ1) is 14.6. The highest BCUT2D eigenvalue weighted by Crippen LogP contribution is 2.19. The Bertz CT molecular complexity index is 650. The van der Waals surface area contributed by atoms with Gasteiger partial charge in [0.05, 0.1) is 12.7 Å². The molecule has 0 bridgehead atoms. The van der Waals surface area contributed by atoms with Crippen molar-refractivity contribution in [3.05, 3.63) is 54.1 Å². The number of carbonyl (C=O) groups excluding carboxylic acids is 2. The van der Waals surface area contributed by atoms with Gasteiger partial charge in [0.15, 0.2) is 0 Å². The Morgan fingerprint density at radius 1 is 1.00 bits per heavy atom. The van der Waals surface area contributed by atoms with E-state index in [4.69, 9.17) is 9.47 Å². The van der Waals surface area contributed by atoms with E-state index in [1.807, 2.05) is 0 Å². The molecule has 0 spiro atoms. The first-order chi connectivity index (χ1) is 10.1. The lowest BCUT2D eigenvalue weighted by Crippen LogP contribution is -2.09. The molecule has 0 saturated carbocycles. The van der Waals surface area contributed by atoms with Gasteiger partial charge < -0.3 is 14.8 Å². The van der Waals surface area contributed by atoms with Gasteiger partial charge in [-0.25, -0.2) is 4.79 Å². The van der Waals surface area contributed by atoms with E-state index in [-0.39, 0.29) is 5.91 Å². The van der Waals surface area contributed by atoms with Gasteiger partial charge in [-0.2, -0.15) is 0 Å². The summed E-state index contributed by atoms with van der Waals surface area (Å²) < 4.78 is 10.3. The van der Waals surface area contributed by atoms with E-state index in [1.165, 1.54) is 6.92 Å². The SMILES string of the molecule is COc1ccc(C(=O)Oc2cccc(NC(C)=O)c2)cc1. The van der Waals surface area contributed by atoms with Crippen LogP contribution in [0, 0.1) is 0 Å². The molecule has 0 aliphatic rings. The van der Waals surface area contributed by atoms with E-state index in [0.717, 1.165) is 0 Å². The normalized spacial score (nSPS) is 9.81. The first-order valence-electron chi connectivity index (χ1n) is 6.32. The Kier molecular flexibility index (Phi) is 4.56. The number of anilines is 1. The molecular formula is C16H15NO4. The van der Waals surface area contributed by atoms with E-state index >= 15 is 0 Å². The second kappa shape index (κ2) is 6.56. The minimum atomic E-state index is -0.474. The van der Waals surface area contributed by atoms with Crippen molar-refractivity contribution in [2.24, 2.45) is 0 Å². The van der Waals surface area contributed by atoms with Crippen molar-refractivity contribution >= 4 is 17.6 Å². The standard InChI is InChI=1S/C16H15NO4/c1-11(18)17-13-4-3-5-15(10-13)21-16(19)12-6-8-14(20-2)9-7-12/h3-10H,1-2H3,(H,17,18). The van der Waals surface area contributed by atoms with Crippen LogP contribution < -0.4 is 14.8 Å². The zero-order chi connectivity index (χ0) is 15.2. The average molecular weight is 285 g/mol. The molecule has 21 heavy (non-hydrogen) atoms. The highest BCUT2D eigenvalue weighted by atomic mass is 16.5. The molecule has 1 amide bonds. The number of ether oxygens (including phenoxy) is 2. The summed E-state index contributed by atoms with van der Waals surface area (Å²) in [6.07, 6.45) is 0. The van der Waals surface area contributed by atoms with Crippen molar-refractivity contribution in [3.63, 3.8) is 0 Å². The first-order valence-corrected chi connectivity index (χ1v) is 6.32. The van der Waals surface area contributed by atoms with Gasteiger partial charge in [0, 0.05) is 18.7 Å². The molecule has 0 atom stereocenters. The van der Waals surface area contributed by atoms with Crippen LogP contribution in [0.3, 0.4) is 0 Å². The third kappa shape index (κ3) is 4.07. The molecule has 0 aromatic heterocycles. The number of hydrogen-bond acceptors (Lipinski definition) is 4. The van der Waals surface area contributed by atoms with E-state index in [1.54, 1.807) is 55.6 Å². The third-order valence-corrected chi connectivity index (χ3v) is 2.69. The Labute approximate surface area is 122 Å². The molecule has 0 aliphatic carbocycles. The quantitative estimate of drug-likeness (QED) is 0.693. The number of benzene rings is 2. The molecule has 2 aromatic carbocycles. The molecule has 0 heterocycles. The van der Waals surface area contributed by atoms with Crippen molar-refractivity contribution in [2.45, 2.75) is 6.92 Å². The van der Waals surface area contributed by atoms with Crippen molar-refractivity contribution in [1.29, 1.82) is 0 Å². The van der Waals surface area contributed by atoms with Gasteiger partial charge in [-0.1, -0.05) is 6.07 Å². The summed E-state index contributed by atoms with van der Waals surface area (Å²) in [4.78, 5) is 23.0. The van der Waals surface area contributed by atoms with Gasteiger partial charge in [0.25, 0.3) is 0 Å². The summed E-state index contributed by atoms with van der Waals surface area (Å²) in [6, 6.07) is 13.3. The van der Waals surface area contributed by atoms with Gasteiger partial charge in [-0.3, -0.25) is 4.79 Å². The Balaban J connectivity index is 2.09. The number of rotatable bonds is 4. The van der Waals surface area contributed by atoms with E-state index < -0.39 is 5.97 Å². The molecule has 2 rings (SSSR count). The summed E-state index contributed by atoms with van der Waals surface area (Å²) in [5, 5.41) is 2.63. The molecule has 2 aromatic rings. The summed E-state index contributed by atoms with van der Waals surface area (Å²) in [5.41, 5.74) is 0.989. The fraction of sp³-hybridized carbons (Fsp3) is 0.125. The van der Waals surface area contributed by atoms with Gasteiger partial charge in [0.2, 0.25) is 5.91 Å². The molecule has 0 radical (unpaired) electrons. The van der Waals surface area contributed by atoms with Crippen LogP contribution in [0.4, 0.5) is 5.69 Å². The molecule has 108 valence electrons. The molecule has 1 N–H and O–H groups in total. The van der Waals surface area contributed by atoms with E-state index in [0.29, 0.717) is 22.7 Å². The lowest BCUT2D eigenvalue weighted by molar-refractivity contribution is -0.114. The average Bonchev–Trinajstić information content (AvgIpc) is 2.47. The largest absolute Gasteiger partial charge is 0.497 e. The van der Waals surface area contributed by atoms with Crippen LogP contribution in [-0.2, 0) is 4.79 Å². The van der Waals surface area contributed by atoms with Crippen LogP contribution in [0.25, 0.3) is 0 Å². The maximum absolute atomic E-state index is 12.0. The molecule has 0 saturated heterocycles. The number of nitrogens with one attached hydrogen (secondary N) is 1. The minimum Gasteiger partial charge on any atom is -0.497 e. The Morgan fingerprint density at radius 2 is 1.71 bits per heavy atom. The molecular weight excluding hydrogens is 270 g/mol. The van der Waals surface area contributed by atoms with Gasteiger partial charge in [-0.15, -0.1) is 0 Å². The van der Waals surface area contributed by atoms with E-state index in [2.05, 4.69) is 5.32 Å². The van der Waals surface area contributed by atoms with Crippen molar-refractivity contribution in [2.75, 3.05) is 12.4 Å². The van der Waals surface area contributed by atoms with Crippen LogP contribution in [-0.4, -0.2) is 19.0 Å². The molecule has 0 unspecified atom stereocenters. The molecule has 0 aliphatic heterocycles. The molecule has 0 fully saturated rings. The third-order valence-electron chi connectivity index (χ3n) is 2.69. The summed E-state index contributed by atoms with van der Waals surface area (Å²) in [5.74, 6) is 0.368. The molecule has 5 nitrogen and oxygen atoms in total. The smallest absolute Gasteiger partial charge is 0.343 e. The number of esters is 1. The van der Waals surface area contributed by atoms with Crippen LogP contribution in [0.2, 0.25) is 0 Å². The minimum absolute atomic E-state index is 0.186. The highest BCUT2D eigenvalue weighted by Gasteiger charge is 2.09. The number of amides is 1. The number of methoxy groups -OCH3 is 1. The lowest BCUT2D eigenvalue weighted by Gasteiger charge is -2.07. The molecule has 5 heteroatoms. The van der Waals surface area contributed by atoms with Crippen LogP contribution in [0.5, 0.6) is 11.5 Å². The summed E-state index contributed by atoms with van der Waals surface area (Å²) >= 11 is 0. The van der Waals surface area contributed by atoms with Crippen LogP contribution >= 0.6 is 0 Å². The zero-order valence-corrected chi connectivity index (χ0v) is 11.8. The monoisotopic (exact) mass is 285 g/mol. The van der Waals surface area contributed by atoms with Crippen molar-refractivity contribution in [3.8, 4) is 11.5 Å². The summed E-state index contributed by atoms with van der Waals surface area (Å²) in [6.45, 7) is 1.41. The second-order valence-electron chi connectivity index (χ2n) is 4.33. The Morgan fingerprint density at radius 3 is 2.33 bits per heavy atom. The van der Waals surface area contributed by atoms with Crippen LogP contribution in [0.15, 0.2) is 48.5 Å². The topological polar surface area (TPSA) is 64.6 Å². The lowest BCUT2D eigenvalue weighted by atomic mass is 10.2. The second-order valence-corrected chi connectivity index (χ2v) is 4.33. The number of carbonyl (C=O) groups is 2. The maximum Gasteiger partial charge on any atom is 0.343 e. The maximum atomic E-state index is 12.0. The number of hydrogen-bond donors (Lipinski definition) is 1. The fourth-order valence-electron chi connectivity index (χ4n) is 1.73. The summed E-state index contributed by atoms with van der Waals surface area (Å²) in [7, 11) is 1.56. The van der Waals surface area contributed by atoms with Crippen LogP contribution in [0.1, 0.15) is 17.3 Å². The Hall–Kier alpha value is -2.82. The van der Waals surface area contributed by atoms with Crippen molar-refractivity contribution < 1.29 is 19.1 Å². The van der Waals surface area contributed by atoms with Gasteiger partial charge in [0.1, 0.15) is 11.5 Å². The predicted molar refractivity (Wildman–Crippen MR) is 78.7 cm³/mol. The van der Waals surface area contributed by atoms with E-state index in [9.17, 15) is 9.59 Å². The van der Waals surface area contributed by atoms with Crippen molar-refractivity contribution in [1.82, 2.24) is 0 Å². The predicted octanol–water partition coefficient (Wildman–Crippen LogP) is 2.87.